The summed E-state index contributed by atoms with van der Waals surface area (Å²) in [6.07, 6.45) is 1.80. The largest absolute Gasteiger partial charge is 0.305 e. The molecule has 2 rings (SSSR count). The number of H-pyrrole nitrogens is 1. The first-order chi connectivity index (χ1) is 9.99. The molecule has 0 unspecified atom stereocenters. The third kappa shape index (κ3) is 3.88. The summed E-state index contributed by atoms with van der Waals surface area (Å²) in [5.74, 6) is -0.0555. The lowest BCUT2D eigenvalue weighted by molar-refractivity contribution is -0.384. The van der Waals surface area contributed by atoms with E-state index in [1.165, 1.54) is 18.2 Å². The molecule has 0 saturated heterocycles. The minimum atomic E-state index is -0.546. The molecule has 1 aromatic heterocycles. The minimum Gasteiger partial charge on any atom is -0.305 e. The maximum atomic E-state index is 12.1. The summed E-state index contributed by atoms with van der Waals surface area (Å²) >= 11 is 3.15. The van der Waals surface area contributed by atoms with Gasteiger partial charge in [0, 0.05) is 33.9 Å². The molecule has 0 radical (unpaired) electrons. The number of aromatic amines is 1. The van der Waals surface area contributed by atoms with Gasteiger partial charge in [-0.1, -0.05) is 29.3 Å². The molecule has 8 heteroatoms. The summed E-state index contributed by atoms with van der Waals surface area (Å²) in [6, 6.07) is 5.82. The zero-order valence-electron chi connectivity index (χ0n) is 11.2. The van der Waals surface area contributed by atoms with Crippen molar-refractivity contribution in [3.05, 3.63) is 50.1 Å². The Hall–Kier alpha value is -2.22. The quantitative estimate of drug-likeness (QED) is 0.636. The van der Waals surface area contributed by atoms with Crippen molar-refractivity contribution < 1.29 is 9.72 Å². The van der Waals surface area contributed by atoms with Gasteiger partial charge in [-0.2, -0.15) is 5.10 Å². The molecule has 0 spiro atoms. The van der Waals surface area contributed by atoms with Crippen LogP contribution in [0, 0.1) is 10.1 Å². The van der Waals surface area contributed by atoms with Crippen molar-refractivity contribution in [2.45, 2.75) is 19.8 Å². The predicted molar refractivity (Wildman–Crippen MR) is 81.3 cm³/mol. The molecule has 2 aromatic rings. The average molecular weight is 353 g/mol. The van der Waals surface area contributed by atoms with Crippen molar-refractivity contribution in [1.82, 2.24) is 10.2 Å². The fourth-order valence-corrected chi connectivity index (χ4v) is 2.30. The fraction of sp³-hybridized carbons (Fsp3) is 0.231. The number of hydrogen-bond acceptors (Lipinski definition) is 4. The van der Waals surface area contributed by atoms with Crippen LogP contribution in [0.3, 0.4) is 0 Å². The van der Waals surface area contributed by atoms with Crippen LogP contribution in [0.2, 0.25) is 0 Å². The molecule has 0 saturated carbocycles. The van der Waals surface area contributed by atoms with Gasteiger partial charge in [0.15, 0.2) is 5.82 Å². The van der Waals surface area contributed by atoms with Crippen molar-refractivity contribution in [2.24, 2.45) is 0 Å². The third-order valence-electron chi connectivity index (χ3n) is 2.75. The molecule has 21 heavy (non-hydrogen) atoms. The molecule has 0 aliphatic rings. The topological polar surface area (TPSA) is 101 Å². The lowest BCUT2D eigenvalue weighted by atomic mass is 10.2. The molecule has 0 aliphatic heterocycles. The SMILES string of the molecule is CCCc1cc(NC(=O)c2cc(Br)cc([N+](=O)[O-])c2)n[nH]1. The molecule has 0 fully saturated rings. The van der Waals surface area contributed by atoms with Crippen molar-refractivity contribution in [2.75, 3.05) is 5.32 Å². The summed E-state index contributed by atoms with van der Waals surface area (Å²) in [6.45, 7) is 2.04. The number of rotatable bonds is 5. The molecule has 0 atom stereocenters. The number of nitrogens with one attached hydrogen (secondary N) is 2. The highest BCUT2D eigenvalue weighted by Crippen LogP contribution is 2.22. The third-order valence-corrected chi connectivity index (χ3v) is 3.21. The van der Waals surface area contributed by atoms with E-state index in [1.807, 2.05) is 6.92 Å². The van der Waals surface area contributed by atoms with Gasteiger partial charge in [0.05, 0.1) is 4.92 Å². The molecule has 0 aliphatic carbocycles. The van der Waals surface area contributed by atoms with Crippen LogP contribution in [-0.4, -0.2) is 21.0 Å². The van der Waals surface area contributed by atoms with Gasteiger partial charge >= 0.3 is 0 Å². The second kappa shape index (κ2) is 6.49. The smallest absolute Gasteiger partial charge is 0.271 e. The number of anilines is 1. The number of amides is 1. The summed E-state index contributed by atoms with van der Waals surface area (Å²) in [7, 11) is 0. The number of benzene rings is 1. The Morgan fingerprint density at radius 3 is 2.86 bits per heavy atom. The number of carbonyl (C=O) groups is 1. The van der Waals surface area contributed by atoms with Crippen LogP contribution in [-0.2, 0) is 6.42 Å². The van der Waals surface area contributed by atoms with E-state index >= 15 is 0 Å². The Bertz CT molecular complexity index is 684. The van der Waals surface area contributed by atoms with Gasteiger partial charge in [0.2, 0.25) is 0 Å². The Balaban J connectivity index is 2.17. The average Bonchev–Trinajstić information content (AvgIpc) is 2.85. The normalized spacial score (nSPS) is 10.4. The van der Waals surface area contributed by atoms with Crippen molar-refractivity contribution in [1.29, 1.82) is 0 Å². The zero-order valence-corrected chi connectivity index (χ0v) is 12.8. The van der Waals surface area contributed by atoms with Gasteiger partial charge in [-0.3, -0.25) is 20.0 Å². The molecule has 1 aromatic carbocycles. The molecule has 1 amide bonds. The maximum Gasteiger partial charge on any atom is 0.271 e. The summed E-state index contributed by atoms with van der Waals surface area (Å²) in [5.41, 5.74) is 0.965. The predicted octanol–water partition coefficient (Wildman–Crippen LogP) is 3.29. The monoisotopic (exact) mass is 352 g/mol. The van der Waals surface area contributed by atoms with E-state index in [0.29, 0.717) is 10.3 Å². The highest BCUT2D eigenvalue weighted by atomic mass is 79.9. The second-order valence-corrected chi connectivity index (χ2v) is 5.35. The Labute approximate surface area is 129 Å². The second-order valence-electron chi connectivity index (χ2n) is 4.44. The lowest BCUT2D eigenvalue weighted by Crippen LogP contribution is -2.12. The minimum absolute atomic E-state index is 0.150. The van der Waals surface area contributed by atoms with Gasteiger partial charge in [-0.05, 0) is 12.5 Å². The van der Waals surface area contributed by atoms with E-state index in [-0.39, 0.29) is 11.3 Å². The zero-order chi connectivity index (χ0) is 15.4. The first-order valence-electron chi connectivity index (χ1n) is 6.30. The standard InChI is InChI=1S/C13H13BrN4O3/c1-2-3-10-7-12(17-16-10)15-13(19)8-4-9(14)6-11(5-8)18(20)21/h4-7H,2-3H2,1H3,(H2,15,16,17,19). The van der Waals surface area contributed by atoms with E-state index in [0.717, 1.165) is 18.5 Å². The molecule has 7 nitrogen and oxygen atoms in total. The van der Waals surface area contributed by atoms with Crippen LogP contribution in [0.15, 0.2) is 28.7 Å². The first kappa shape index (κ1) is 15.2. The van der Waals surface area contributed by atoms with E-state index in [1.54, 1.807) is 6.07 Å². The molecule has 1 heterocycles. The van der Waals surface area contributed by atoms with E-state index in [9.17, 15) is 14.9 Å². The van der Waals surface area contributed by atoms with Crippen LogP contribution in [0.4, 0.5) is 11.5 Å². The molecule has 2 N–H and O–H groups in total. The number of nitro groups is 1. The summed E-state index contributed by atoms with van der Waals surface area (Å²) in [5, 5.41) is 20.2. The number of hydrogen-bond donors (Lipinski definition) is 2. The van der Waals surface area contributed by atoms with E-state index < -0.39 is 10.8 Å². The Morgan fingerprint density at radius 2 is 2.19 bits per heavy atom. The number of halogens is 1. The number of carbonyl (C=O) groups excluding carboxylic acids is 1. The highest BCUT2D eigenvalue weighted by molar-refractivity contribution is 9.10. The number of aryl methyl sites for hydroxylation is 1. The van der Waals surface area contributed by atoms with Crippen LogP contribution >= 0.6 is 15.9 Å². The number of nitro benzene ring substituents is 1. The van der Waals surface area contributed by atoms with E-state index in [2.05, 4.69) is 31.4 Å². The molecule has 110 valence electrons. The van der Waals surface area contributed by atoms with E-state index in [4.69, 9.17) is 0 Å². The summed E-state index contributed by atoms with van der Waals surface area (Å²) in [4.78, 5) is 22.4. The maximum absolute atomic E-state index is 12.1. The number of non-ortho nitro benzene ring substituents is 1. The molecule has 0 bridgehead atoms. The van der Waals surface area contributed by atoms with Crippen molar-refractivity contribution in [3.63, 3.8) is 0 Å². The number of aromatic nitrogens is 2. The first-order valence-corrected chi connectivity index (χ1v) is 7.09. The van der Waals surface area contributed by atoms with Crippen molar-refractivity contribution in [3.8, 4) is 0 Å². The van der Waals surface area contributed by atoms with Crippen molar-refractivity contribution >= 4 is 33.3 Å². The van der Waals surface area contributed by atoms with Gasteiger partial charge in [-0.25, -0.2) is 0 Å². The Morgan fingerprint density at radius 1 is 1.43 bits per heavy atom. The van der Waals surface area contributed by atoms with Gasteiger partial charge < -0.3 is 5.32 Å². The van der Waals surface area contributed by atoms with Gasteiger partial charge in [-0.15, -0.1) is 0 Å². The van der Waals surface area contributed by atoms with Gasteiger partial charge in [0.25, 0.3) is 11.6 Å². The molecular formula is C13H13BrN4O3. The number of nitrogens with zero attached hydrogens (tertiary/aromatic N) is 2. The molecular weight excluding hydrogens is 340 g/mol. The van der Waals surface area contributed by atoms with Crippen LogP contribution in [0.1, 0.15) is 29.4 Å². The summed E-state index contributed by atoms with van der Waals surface area (Å²) < 4.78 is 0.468. The van der Waals surface area contributed by atoms with Crippen LogP contribution < -0.4 is 5.32 Å². The highest BCUT2D eigenvalue weighted by Gasteiger charge is 2.15. The van der Waals surface area contributed by atoms with Gasteiger partial charge in [0.1, 0.15) is 0 Å². The fourth-order valence-electron chi connectivity index (χ4n) is 1.82. The lowest BCUT2D eigenvalue weighted by Gasteiger charge is -2.02. The van der Waals surface area contributed by atoms with Crippen LogP contribution in [0.25, 0.3) is 0 Å². The Kier molecular flexibility index (Phi) is 4.69. The van der Waals surface area contributed by atoms with Crippen LogP contribution in [0.5, 0.6) is 0 Å².